The van der Waals surface area contributed by atoms with E-state index < -0.39 is 22.0 Å². The van der Waals surface area contributed by atoms with E-state index in [1.165, 1.54) is 32.1 Å². The van der Waals surface area contributed by atoms with Crippen molar-refractivity contribution in [2.45, 2.75) is 109 Å². The number of nitrogens with zero attached hydrogens (tertiary/aromatic N) is 1. The zero-order valence-corrected chi connectivity index (χ0v) is 19.7. The average Bonchev–Trinajstić information content (AvgIpc) is 3.34. The summed E-state index contributed by atoms with van der Waals surface area (Å²) in [7, 11) is -1.97. The van der Waals surface area contributed by atoms with Gasteiger partial charge >= 0.3 is 0 Å². The Morgan fingerprint density at radius 1 is 1.00 bits per heavy atom. The third-order valence-electron chi connectivity index (χ3n) is 4.29. The second-order valence-electron chi connectivity index (χ2n) is 9.91. The van der Waals surface area contributed by atoms with Gasteiger partial charge in [0.2, 0.25) is 0 Å². The summed E-state index contributed by atoms with van der Waals surface area (Å²) < 4.78 is 30.3. The Morgan fingerprint density at radius 3 is 1.88 bits per heavy atom. The van der Waals surface area contributed by atoms with E-state index in [-0.39, 0.29) is 9.49 Å². The second kappa shape index (κ2) is 9.92. The number of hydrogen-bond donors (Lipinski definition) is 1. The van der Waals surface area contributed by atoms with Crippen LogP contribution in [0.2, 0.25) is 0 Å². The molecule has 6 heteroatoms. The molecule has 0 saturated heterocycles. The number of nitrogens with one attached hydrogen (secondary N) is 1. The van der Waals surface area contributed by atoms with Crippen molar-refractivity contribution in [2.75, 3.05) is 0 Å². The lowest BCUT2D eigenvalue weighted by Gasteiger charge is -2.21. The second-order valence-corrected chi connectivity index (χ2v) is 13.8. The van der Waals surface area contributed by atoms with E-state index in [0.29, 0.717) is 6.04 Å². The van der Waals surface area contributed by atoms with Crippen LogP contribution in [-0.4, -0.2) is 29.7 Å². The maximum atomic E-state index is 11.7. The van der Waals surface area contributed by atoms with Crippen molar-refractivity contribution in [1.82, 2.24) is 4.72 Å². The predicted octanol–water partition coefficient (Wildman–Crippen LogP) is 4.94. The van der Waals surface area contributed by atoms with Gasteiger partial charge in [-0.15, -0.1) is 0 Å². The molecule has 0 bridgehead atoms. The molecule has 0 aromatic rings. The van der Waals surface area contributed by atoms with Crippen LogP contribution in [0.3, 0.4) is 0 Å². The monoisotopic (exact) mass is 404 g/mol. The van der Waals surface area contributed by atoms with E-state index in [4.69, 9.17) is 0 Å². The molecule has 0 heterocycles. The Bertz CT molecular complexity index is 525. The Labute approximate surface area is 166 Å². The molecule has 1 N–H and O–H groups in total. The van der Waals surface area contributed by atoms with Crippen LogP contribution in [0, 0.1) is 11.8 Å². The highest BCUT2D eigenvalue weighted by atomic mass is 32.2. The fraction of sp³-hybridized carbons (Fsp3) is 0.950. The summed E-state index contributed by atoms with van der Waals surface area (Å²) >= 11 is 0. The maximum absolute atomic E-state index is 11.7. The van der Waals surface area contributed by atoms with Crippen molar-refractivity contribution >= 4 is 27.7 Å². The summed E-state index contributed by atoms with van der Waals surface area (Å²) in [4.78, 5) is 0. The van der Waals surface area contributed by atoms with Gasteiger partial charge < -0.3 is 0 Å². The average molecular weight is 405 g/mol. The Hall–Kier alpha value is -0.0700. The summed E-state index contributed by atoms with van der Waals surface area (Å²) in [5.41, 5.74) is 1.05. The van der Waals surface area contributed by atoms with Gasteiger partial charge in [-0.3, -0.25) is 0 Å². The van der Waals surface area contributed by atoms with Gasteiger partial charge in [-0.25, -0.2) is 13.1 Å². The standard InChI is InChI=1S/C10H21NOS.C10H19NOS/c2*1-8(7-9-5-6-9)11-13(12)10(2,3)4/h8-9,11H,5-7H2,1-4H3;9H,5-7H2,1-4H3. The van der Waals surface area contributed by atoms with Crippen molar-refractivity contribution in [3.63, 3.8) is 0 Å². The third kappa shape index (κ3) is 10.9. The van der Waals surface area contributed by atoms with Crippen LogP contribution in [0.4, 0.5) is 0 Å². The van der Waals surface area contributed by atoms with Crippen molar-refractivity contribution in [3.05, 3.63) is 0 Å². The highest BCUT2D eigenvalue weighted by Gasteiger charge is 2.26. The smallest absolute Gasteiger partial charge is 0.144 e. The lowest BCUT2D eigenvalue weighted by atomic mass is 10.2. The van der Waals surface area contributed by atoms with Gasteiger partial charge in [0.25, 0.3) is 0 Å². The molecule has 2 aliphatic carbocycles. The molecule has 2 fully saturated rings. The van der Waals surface area contributed by atoms with Gasteiger partial charge in [0, 0.05) is 11.8 Å². The van der Waals surface area contributed by atoms with E-state index in [0.717, 1.165) is 24.0 Å². The zero-order chi connectivity index (χ0) is 20.1. The minimum Gasteiger partial charge on any atom is -0.242 e. The molecule has 154 valence electrons. The predicted molar refractivity (Wildman–Crippen MR) is 116 cm³/mol. The van der Waals surface area contributed by atoms with Crippen molar-refractivity contribution in [1.29, 1.82) is 0 Å². The van der Waals surface area contributed by atoms with Gasteiger partial charge in [0.15, 0.2) is 0 Å². The Morgan fingerprint density at radius 2 is 1.50 bits per heavy atom. The number of hydrogen-bond acceptors (Lipinski definition) is 2. The fourth-order valence-electron chi connectivity index (χ4n) is 2.32. The van der Waals surface area contributed by atoms with Gasteiger partial charge in [0.1, 0.15) is 11.0 Å². The zero-order valence-electron chi connectivity index (χ0n) is 18.1. The van der Waals surface area contributed by atoms with E-state index in [2.05, 4.69) is 16.0 Å². The first-order valence-electron chi connectivity index (χ1n) is 9.93. The molecule has 4 nitrogen and oxygen atoms in total. The SMILES string of the molecule is CC(CC1CC1)=NS(=O)C(C)(C)C.CC(CC1CC1)NS(=O)C(C)(C)C. The molecule has 0 spiro atoms. The molecule has 0 aliphatic heterocycles. The quantitative estimate of drug-likeness (QED) is 0.611. The molecule has 3 atom stereocenters. The highest BCUT2D eigenvalue weighted by molar-refractivity contribution is 7.85. The first-order chi connectivity index (χ1) is 11.8. The van der Waals surface area contributed by atoms with Crippen LogP contribution in [0.15, 0.2) is 4.40 Å². The van der Waals surface area contributed by atoms with Crippen LogP contribution in [-0.2, 0) is 22.0 Å². The lowest BCUT2D eigenvalue weighted by Crippen LogP contribution is -2.38. The summed E-state index contributed by atoms with van der Waals surface area (Å²) in [6.07, 6.45) is 7.62. The first kappa shape index (κ1) is 24.0. The van der Waals surface area contributed by atoms with Gasteiger partial charge in [-0.2, -0.15) is 4.40 Å². The topological polar surface area (TPSA) is 58.5 Å². The Kier molecular flexibility index (Phi) is 9.15. The third-order valence-corrected chi connectivity index (χ3v) is 7.55. The Balaban J connectivity index is 0.000000260. The molecule has 2 rings (SSSR count). The molecule has 3 unspecified atom stereocenters. The molecule has 0 amide bonds. The largest absolute Gasteiger partial charge is 0.242 e. The molecule has 0 aromatic carbocycles. The lowest BCUT2D eigenvalue weighted by molar-refractivity contribution is 0.553. The van der Waals surface area contributed by atoms with Crippen LogP contribution in [0.1, 0.15) is 93.9 Å². The highest BCUT2D eigenvalue weighted by Crippen LogP contribution is 2.34. The van der Waals surface area contributed by atoms with Crippen LogP contribution in [0.25, 0.3) is 0 Å². The van der Waals surface area contributed by atoms with E-state index in [9.17, 15) is 8.42 Å². The normalized spacial score (nSPS) is 22.2. The summed E-state index contributed by atoms with van der Waals surface area (Å²) in [5.74, 6) is 1.74. The van der Waals surface area contributed by atoms with Gasteiger partial charge in [0.05, 0.1) is 20.5 Å². The molecule has 26 heavy (non-hydrogen) atoms. The fourth-order valence-corrected chi connectivity index (χ4v) is 3.76. The van der Waals surface area contributed by atoms with E-state index >= 15 is 0 Å². The van der Waals surface area contributed by atoms with Crippen LogP contribution >= 0.6 is 0 Å². The number of rotatable bonds is 7. The summed E-state index contributed by atoms with van der Waals surface area (Å²) in [6.45, 7) is 16.0. The van der Waals surface area contributed by atoms with E-state index in [1.54, 1.807) is 0 Å². The minimum absolute atomic E-state index is 0.141. The molecule has 2 saturated carbocycles. The summed E-state index contributed by atoms with van der Waals surface area (Å²) in [6, 6.07) is 0.396. The molecular formula is C20H40N2O2S2. The van der Waals surface area contributed by atoms with Gasteiger partial charge in [-0.1, -0.05) is 12.8 Å². The minimum atomic E-state index is -1.07. The van der Waals surface area contributed by atoms with Crippen molar-refractivity contribution in [3.8, 4) is 0 Å². The van der Waals surface area contributed by atoms with Crippen LogP contribution in [0.5, 0.6) is 0 Å². The molecule has 0 radical (unpaired) electrons. The van der Waals surface area contributed by atoms with Gasteiger partial charge in [-0.05, 0) is 92.9 Å². The van der Waals surface area contributed by atoms with Crippen LogP contribution < -0.4 is 4.72 Å². The first-order valence-corrected chi connectivity index (χ1v) is 12.2. The van der Waals surface area contributed by atoms with Crippen molar-refractivity contribution in [2.24, 2.45) is 16.2 Å². The van der Waals surface area contributed by atoms with E-state index in [1.807, 2.05) is 48.5 Å². The molecule has 0 aromatic heterocycles. The summed E-state index contributed by atoms with van der Waals surface area (Å²) in [5, 5.41) is 0. The molecular weight excluding hydrogens is 364 g/mol. The molecule has 2 aliphatic rings. The maximum Gasteiger partial charge on any atom is 0.144 e. The van der Waals surface area contributed by atoms with Crippen molar-refractivity contribution < 1.29 is 8.42 Å².